The summed E-state index contributed by atoms with van der Waals surface area (Å²) < 4.78 is 12.7. The number of halogens is 1. The lowest BCUT2D eigenvalue weighted by Gasteiger charge is -2.06. The van der Waals surface area contributed by atoms with E-state index in [1.165, 1.54) is 12.1 Å². The Labute approximate surface area is 127 Å². The van der Waals surface area contributed by atoms with E-state index in [0.717, 1.165) is 11.1 Å². The van der Waals surface area contributed by atoms with Gasteiger partial charge in [0, 0.05) is 12.7 Å². The summed E-state index contributed by atoms with van der Waals surface area (Å²) in [6.07, 6.45) is 2.07. The number of pyridine rings is 1. The molecule has 0 unspecified atom stereocenters. The van der Waals surface area contributed by atoms with Crippen LogP contribution in [0.1, 0.15) is 11.1 Å². The molecule has 0 radical (unpaired) electrons. The van der Waals surface area contributed by atoms with E-state index in [-0.39, 0.29) is 5.82 Å². The Hall–Kier alpha value is -2.76. The van der Waals surface area contributed by atoms with Crippen molar-refractivity contribution in [3.63, 3.8) is 0 Å². The number of anilines is 1. The first-order valence-corrected chi connectivity index (χ1v) is 6.81. The fourth-order valence-electron chi connectivity index (χ4n) is 1.83. The van der Waals surface area contributed by atoms with E-state index in [2.05, 4.69) is 15.6 Å². The molecule has 0 atom stereocenters. The van der Waals surface area contributed by atoms with Crippen molar-refractivity contribution in [2.45, 2.75) is 13.3 Å². The monoisotopic (exact) mass is 301 g/mol. The zero-order valence-electron chi connectivity index (χ0n) is 12.1. The van der Waals surface area contributed by atoms with Crippen LogP contribution >= 0.6 is 0 Å². The number of rotatable bonds is 4. The number of carbonyl (C=O) groups excluding carboxylic acids is 2. The Bertz CT molecular complexity index is 671. The van der Waals surface area contributed by atoms with Crippen LogP contribution in [0.4, 0.5) is 10.2 Å². The normalized spacial score (nSPS) is 10.1. The van der Waals surface area contributed by atoms with E-state index in [1.807, 2.05) is 6.92 Å². The van der Waals surface area contributed by atoms with Crippen molar-refractivity contribution < 1.29 is 14.0 Å². The Morgan fingerprint density at radius 2 is 1.86 bits per heavy atom. The highest BCUT2D eigenvalue weighted by Crippen LogP contribution is 2.05. The lowest BCUT2D eigenvalue weighted by molar-refractivity contribution is -0.136. The van der Waals surface area contributed by atoms with Crippen LogP contribution in [0.5, 0.6) is 0 Å². The molecule has 1 aromatic heterocycles. The highest BCUT2D eigenvalue weighted by molar-refractivity contribution is 6.39. The molecule has 0 fully saturated rings. The predicted octanol–water partition coefficient (Wildman–Crippen LogP) is 1.83. The molecule has 0 aliphatic carbocycles. The molecular weight excluding hydrogens is 285 g/mol. The largest absolute Gasteiger partial charge is 0.347 e. The quantitative estimate of drug-likeness (QED) is 0.846. The molecule has 0 aliphatic heterocycles. The Kier molecular flexibility index (Phi) is 5.19. The van der Waals surface area contributed by atoms with Crippen LogP contribution in [0.3, 0.4) is 0 Å². The van der Waals surface area contributed by atoms with Gasteiger partial charge in [0.25, 0.3) is 0 Å². The van der Waals surface area contributed by atoms with Gasteiger partial charge in [-0.2, -0.15) is 0 Å². The number of nitrogens with one attached hydrogen (secondary N) is 2. The minimum absolute atomic E-state index is 0.291. The van der Waals surface area contributed by atoms with Crippen LogP contribution in [0.25, 0.3) is 0 Å². The first kappa shape index (κ1) is 15.6. The Morgan fingerprint density at radius 1 is 1.14 bits per heavy atom. The summed E-state index contributed by atoms with van der Waals surface area (Å²) in [5.41, 5.74) is 1.81. The number of nitrogens with zero attached hydrogens (tertiary/aromatic N) is 1. The molecule has 5 nitrogen and oxygen atoms in total. The standard InChI is InChI=1S/C16H16FN3O2/c1-11-6-8-18-14(10-11)20-16(22)15(21)19-9-7-12-2-4-13(17)5-3-12/h2-6,8,10H,7,9H2,1H3,(H,19,21)(H,18,20,22). The molecule has 6 heteroatoms. The van der Waals surface area contributed by atoms with Gasteiger partial charge in [0.2, 0.25) is 0 Å². The predicted molar refractivity (Wildman–Crippen MR) is 80.7 cm³/mol. The van der Waals surface area contributed by atoms with Crippen LogP contribution in [-0.2, 0) is 16.0 Å². The van der Waals surface area contributed by atoms with Crippen LogP contribution in [-0.4, -0.2) is 23.3 Å². The van der Waals surface area contributed by atoms with Gasteiger partial charge in [0.1, 0.15) is 11.6 Å². The van der Waals surface area contributed by atoms with Gasteiger partial charge in [-0.1, -0.05) is 12.1 Å². The first-order valence-electron chi connectivity index (χ1n) is 6.81. The van der Waals surface area contributed by atoms with Crippen molar-refractivity contribution in [1.82, 2.24) is 10.3 Å². The maximum atomic E-state index is 12.7. The van der Waals surface area contributed by atoms with Crippen LogP contribution in [0.2, 0.25) is 0 Å². The van der Waals surface area contributed by atoms with Gasteiger partial charge in [-0.25, -0.2) is 9.37 Å². The fourth-order valence-corrected chi connectivity index (χ4v) is 1.83. The SMILES string of the molecule is Cc1ccnc(NC(=O)C(=O)NCCc2ccc(F)cc2)c1. The zero-order chi connectivity index (χ0) is 15.9. The lowest BCUT2D eigenvalue weighted by atomic mass is 10.1. The molecular formula is C16H16FN3O2. The molecule has 0 bridgehead atoms. The van der Waals surface area contributed by atoms with E-state index in [9.17, 15) is 14.0 Å². The highest BCUT2D eigenvalue weighted by Gasteiger charge is 2.13. The molecule has 2 aromatic rings. The van der Waals surface area contributed by atoms with Crippen molar-refractivity contribution in [2.24, 2.45) is 0 Å². The topological polar surface area (TPSA) is 71.1 Å². The second kappa shape index (κ2) is 7.31. The zero-order valence-corrected chi connectivity index (χ0v) is 12.1. The summed E-state index contributed by atoms with van der Waals surface area (Å²) in [6, 6.07) is 9.44. The third-order valence-corrected chi connectivity index (χ3v) is 2.98. The van der Waals surface area contributed by atoms with Gasteiger partial charge in [-0.05, 0) is 48.7 Å². The molecule has 0 spiro atoms. The smallest absolute Gasteiger partial charge is 0.314 e. The molecule has 1 aromatic carbocycles. The third kappa shape index (κ3) is 4.66. The maximum Gasteiger partial charge on any atom is 0.314 e. The number of benzene rings is 1. The number of hydrogen-bond acceptors (Lipinski definition) is 3. The summed E-state index contributed by atoms with van der Waals surface area (Å²) in [5.74, 6) is -1.47. The second-order valence-electron chi connectivity index (χ2n) is 4.80. The number of aromatic nitrogens is 1. The van der Waals surface area contributed by atoms with Gasteiger partial charge >= 0.3 is 11.8 Å². The minimum Gasteiger partial charge on any atom is -0.347 e. The molecule has 2 amide bonds. The molecule has 0 aliphatic rings. The number of hydrogen-bond donors (Lipinski definition) is 2. The van der Waals surface area contributed by atoms with Crippen molar-refractivity contribution in [1.29, 1.82) is 0 Å². The van der Waals surface area contributed by atoms with E-state index in [1.54, 1.807) is 30.5 Å². The molecule has 1 heterocycles. The number of aryl methyl sites for hydroxylation is 1. The van der Waals surface area contributed by atoms with Gasteiger partial charge in [0.15, 0.2) is 0 Å². The minimum atomic E-state index is -0.766. The van der Waals surface area contributed by atoms with Crippen molar-refractivity contribution in [3.8, 4) is 0 Å². The molecule has 2 N–H and O–H groups in total. The van der Waals surface area contributed by atoms with E-state index in [4.69, 9.17) is 0 Å². The summed E-state index contributed by atoms with van der Waals surface area (Å²) >= 11 is 0. The van der Waals surface area contributed by atoms with Gasteiger partial charge in [-0.3, -0.25) is 9.59 Å². The molecule has 2 rings (SSSR count). The number of amides is 2. The highest BCUT2D eigenvalue weighted by atomic mass is 19.1. The first-order chi connectivity index (χ1) is 10.5. The van der Waals surface area contributed by atoms with Crippen molar-refractivity contribution in [3.05, 3.63) is 59.5 Å². The molecule has 22 heavy (non-hydrogen) atoms. The number of carbonyl (C=O) groups is 2. The van der Waals surface area contributed by atoms with Crippen LogP contribution < -0.4 is 10.6 Å². The summed E-state index contributed by atoms with van der Waals surface area (Å²) in [7, 11) is 0. The van der Waals surface area contributed by atoms with E-state index < -0.39 is 11.8 Å². The Morgan fingerprint density at radius 3 is 2.55 bits per heavy atom. The summed E-state index contributed by atoms with van der Waals surface area (Å²) in [4.78, 5) is 27.3. The molecule has 114 valence electrons. The van der Waals surface area contributed by atoms with Crippen molar-refractivity contribution in [2.75, 3.05) is 11.9 Å². The average Bonchev–Trinajstić information content (AvgIpc) is 2.49. The van der Waals surface area contributed by atoms with Crippen molar-refractivity contribution >= 4 is 17.6 Å². The fraction of sp³-hybridized carbons (Fsp3) is 0.188. The Balaban J connectivity index is 1.79. The van der Waals surface area contributed by atoms with E-state index in [0.29, 0.717) is 18.8 Å². The second-order valence-corrected chi connectivity index (χ2v) is 4.80. The van der Waals surface area contributed by atoms with Gasteiger partial charge < -0.3 is 10.6 Å². The summed E-state index contributed by atoms with van der Waals surface area (Å²) in [5, 5.41) is 4.93. The third-order valence-electron chi connectivity index (χ3n) is 2.98. The molecule has 0 saturated heterocycles. The van der Waals surface area contributed by atoms with Gasteiger partial charge in [0.05, 0.1) is 0 Å². The molecule has 0 saturated carbocycles. The summed E-state index contributed by atoms with van der Waals surface area (Å²) in [6.45, 7) is 2.15. The lowest BCUT2D eigenvalue weighted by Crippen LogP contribution is -2.36. The van der Waals surface area contributed by atoms with Crippen LogP contribution in [0.15, 0.2) is 42.6 Å². The van der Waals surface area contributed by atoms with E-state index >= 15 is 0 Å². The van der Waals surface area contributed by atoms with Gasteiger partial charge in [-0.15, -0.1) is 0 Å². The van der Waals surface area contributed by atoms with Crippen LogP contribution in [0, 0.1) is 12.7 Å². The maximum absolute atomic E-state index is 12.7. The average molecular weight is 301 g/mol.